The third-order valence-electron chi connectivity index (χ3n) is 13.4. The van der Waals surface area contributed by atoms with Gasteiger partial charge >= 0.3 is 0 Å². The van der Waals surface area contributed by atoms with Gasteiger partial charge in [0.25, 0.3) is 17.7 Å². The van der Waals surface area contributed by atoms with E-state index in [1.54, 1.807) is 18.2 Å². The van der Waals surface area contributed by atoms with Crippen LogP contribution in [-0.2, 0) is 9.59 Å². The number of nitrogens with zero attached hydrogens (tertiary/aromatic N) is 7. The largest absolute Gasteiger partial charge is 0.371 e. The van der Waals surface area contributed by atoms with E-state index in [9.17, 15) is 29.2 Å². The van der Waals surface area contributed by atoms with Crippen molar-refractivity contribution in [2.24, 2.45) is 11.3 Å². The number of imide groups is 2. The molecule has 2 atom stereocenters. The summed E-state index contributed by atoms with van der Waals surface area (Å²) in [7, 11) is 0. The van der Waals surface area contributed by atoms with Crippen LogP contribution in [0.25, 0.3) is 0 Å². The van der Waals surface area contributed by atoms with E-state index in [2.05, 4.69) is 43.1 Å². The molecule has 0 bridgehead atoms. The molecule has 0 saturated carbocycles. The van der Waals surface area contributed by atoms with Crippen LogP contribution in [0, 0.1) is 22.7 Å². The van der Waals surface area contributed by atoms with Gasteiger partial charge in [0.1, 0.15) is 12.1 Å². The highest BCUT2D eigenvalue weighted by atomic mass is 35.5. The molecule has 1 unspecified atom stereocenters. The minimum Gasteiger partial charge on any atom is -0.371 e. The summed E-state index contributed by atoms with van der Waals surface area (Å²) in [5.41, 5.74) is 5.07. The lowest BCUT2D eigenvalue weighted by atomic mass is 9.77. The minimum atomic E-state index is -0.970. The number of nitrogens with one attached hydrogen (secondary N) is 1. The van der Waals surface area contributed by atoms with Crippen LogP contribution in [0.2, 0.25) is 5.02 Å². The maximum Gasteiger partial charge on any atom is 0.262 e. The first kappa shape index (κ1) is 38.1. The molecule has 5 saturated heterocycles. The molecule has 5 amide bonds. The Bertz CT molecular complexity index is 2210. The first-order valence-corrected chi connectivity index (χ1v) is 20.9. The summed E-state index contributed by atoms with van der Waals surface area (Å²) >= 11 is 6.30. The smallest absolute Gasteiger partial charge is 0.262 e. The molecule has 300 valence electrons. The molecule has 13 nitrogen and oxygen atoms in total. The number of hydrogen-bond donors (Lipinski definition) is 1. The van der Waals surface area contributed by atoms with E-state index in [0.29, 0.717) is 27.6 Å². The number of anilines is 3. The molecule has 1 spiro atoms. The fourth-order valence-electron chi connectivity index (χ4n) is 9.97. The lowest BCUT2D eigenvalue weighted by molar-refractivity contribution is -0.136. The molecule has 6 aliphatic heterocycles. The molecule has 14 heteroatoms. The molecule has 0 aromatic heterocycles. The van der Waals surface area contributed by atoms with Crippen LogP contribution in [0.15, 0.2) is 60.7 Å². The lowest BCUT2D eigenvalue weighted by Crippen LogP contribution is -2.54. The molecule has 0 radical (unpaired) electrons. The van der Waals surface area contributed by atoms with Crippen LogP contribution in [-0.4, -0.2) is 122 Å². The van der Waals surface area contributed by atoms with Gasteiger partial charge in [0.2, 0.25) is 11.8 Å². The van der Waals surface area contributed by atoms with E-state index in [1.807, 2.05) is 35.2 Å². The normalized spacial score (nSPS) is 23.5. The summed E-state index contributed by atoms with van der Waals surface area (Å²) < 4.78 is 0. The summed E-state index contributed by atoms with van der Waals surface area (Å²) in [5, 5.41) is 12.0. The topological polar surface area (TPSA) is 141 Å². The Balaban J connectivity index is 0.731. The summed E-state index contributed by atoms with van der Waals surface area (Å²) in [6.45, 7) is 9.82. The molecule has 6 heterocycles. The molecule has 3 aromatic carbocycles. The predicted octanol–water partition coefficient (Wildman–Crippen LogP) is 4.39. The van der Waals surface area contributed by atoms with Crippen LogP contribution in [0.3, 0.4) is 0 Å². The number of rotatable bonds is 7. The zero-order valence-electron chi connectivity index (χ0n) is 32.5. The number of carbonyl (C=O) groups is 5. The second-order valence-electron chi connectivity index (χ2n) is 16.9. The number of likely N-dealkylation sites (tertiary alicyclic amines) is 1. The summed E-state index contributed by atoms with van der Waals surface area (Å²) in [5.74, 6) is -1.38. The lowest BCUT2D eigenvalue weighted by Gasteiger charge is -2.40. The van der Waals surface area contributed by atoms with E-state index in [-0.39, 0.29) is 30.1 Å². The Morgan fingerprint density at radius 3 is 2.16 bits per heavy atom. The summed E-state index contributed by atoms with van der Waals surface area (Å²) in [4.78, 5) is 76.8. The van der Waals surface area contributed by atoms with Crippen molar-refractivity contribution < 1.29 is 24.0 Å². The van der Waals surface area contributed by atoms with Gasteiger partial charge in [-0.15, -0.1) is 0 Å². The van der Waals surface area contributed by atoms with Gasteiger partial charge in [-0.05, 0) is 104 Å². The molecule has 9 rings (SSSR count). The van der Waals surface area contributed by atoms with Crippen molar-refractivity contribution in [1.82, 2.24) is 20.0 Å². The molecule has 0 aliphatic carbocycles. The molecule has 5 fully saturated rings. The van der Waals surface area contributed by atoms with Gasteiger partial charge in [0, 0.05) is 101 Å². The first-order chi connectivity index (χ1) is 28.1. The average Bonchev–Trinajstić information content (AvgIpc) is 3.95. The minimum absolute atomic E-state index is 0.0943. The monoisotopic (exact) mass is 802 g/mol. The van der Waals surface area contributed by atoms with Crippen molar-refractivity contribution in [2.45, 2.75) is 44.6 Å². The number of amides is 5. The maximum absolute atomic E-state index is 13.6. The molecular formula is C44H47ClN8O5. The van der Waals surface area contributed by atoms with Crippen LogP contribution >= 0.6 is 11.6 Å². The standard InChI is InChI=1S/C44H47ClN8O5/c45-37-24-34(6-3-31(37)25-46)49-16-12-44(13-17-49)14-18-52(28-44)41(56)30-1-4-32(5-2-30)50-21-19-48(20-22-50)26-29-11-15-51(27-29)33-7-8-35-36(23-33)43(58)53(42(35)57)38-9-10-39(54)47-40(38)55/h1-8,23-24,29,38H,9-22,26-28H2,(H,47,54,55)/t29-,38?/m1/s1. The Labute approximate surface area is 343 Å². The number of hydrogen-bond acceptors (Lipinski definition) is 10. The van der Waals surface area contributed by atoms with Gasteiger partial charge in [-0.3, -0.25) is 39.1 Å². The van der Waals surface area contributed by atoms with E-state index < -0.39 is 23.8 Å². The number of piperazine rings is 1. The number of halogens is 1. The van der Waals surface area contributed by atoms with Crippen molar-refractivity contribution in [1.29, 1.82) is 5.26 Å². The van der Waals surface area contributed by atoms with E-state index in [0.717, 1.165) is 125 Å². The fraction of sp³-hybridized carbons (Fsp3) is 0.455. The summed E-state index contributed by atoms with van der Waals surface area (Å²) in [6.07, 6.45) is 4.33. The van der Waals surface area contributed by atoms with Gasteiger partial charge in [-0.1, -0.05) is 11.6 Å². The second-order valence-corrected chi connectivity index (χ2v) is 17.3. The van der Waals surface area contributed by atoms with Gasteiger partial charge in [-0.25, -0.2) is 0 Å². The van der Waals surface area contributed by atoms with Gasteiger partial charge < -0.3 is 19.6 Å². The Hall–Kier alpha value is -5.45. The second kappa shape index (κ2) is 15.4. The van der Waals surface area contributed by atoms with Crippen LogP contribution < -0.4 is 20.0 Å². The number of piperidine rings is 2. The van der Waals surface area contributed by atoms with E-state index >= 15 is 0 Å². The van der Waals surface area contributed by atoms with Gasteiger partial charge in [-0.2, -0.15) is 5.26 Å². The zero-order chi connectivity index (χ0) is 40.1. The Morgan fingerprint density at radius 2 is 1.43 bits per heavy atom. The Kier molecular flexibility index (Phi) is 10.1. The maximum atomic E-state index is 13.6. The highest BCUT2D eigenvalue weighted by molar-refractivity contribution is 6.32. The molecule has 1 N–H and O–H groups in total. The van der Waals surface area contributed by atoms with Crippen LogP contribution in [0.5, 0.6) is 0 Å². The molecule has 58 heavy (non-hydrogen) atoms. The van der Waals surface area contributed by atoms with Gasteiger partial charge in [0.05, 0.1) is 21.7 Å². The van der Waals surface area contributed by atoms with Gasteiger partial charge in [0.15, 0.2) is 0 Å². The van der Waals surface area contributed by atoms with Crippen LogP contribution in [0.4, 0.5) is 17.1 Å². The quantitative estimate of drug-likeness (QED) is 0.342. The molecule has 3 aromatic rings. The average molecular weight is 803 g/mol. The number of carbonyl (C=O) groups excluding carboxylic acids is 5. The van der Waals surface area contributed by atoms with Crippen molar-refractivity contribution in [3.05, 3.63) is 87.9 Å². The van der Waals surface area contributed by atoms with Crippen molar-refractivity contribution in [3.63, 3.8) is 0 Å². The predicted molar refractivity (Wildman–Crippen MR) is 219 cm³/mol. The van der Waals surface area contributed by atoms with Crippen molar-refractivity contribution in [3.8, 4) is 6.07 Å². The highest BCUT2D eigenvalue weighted by Crippen LogP contribution is 2.42. The highest BCUT2D eigenvalue weighted by Gasteiger charge is 2.45. The number of fused-ring (bicyclic) bond motifs is 1. The molecular weight excluding hydrogens is 756 g/mol. The Morgan fingerprint density at radius 1 is 0.759 bits per heavy atom. The number of benzene rings is 3. The third kappa shape index (κ3) is 7.17. The van der Waals surface area contributed by atoms with E-state index in [1.165, 1.54) is 0 Å². The zero-order valence-corrected chi connectivity index (χ0v) is 33.3. The third-order valence-corrected chi connectivity index (χ3v) is 13.7. The van der Waals surface area contributed by atoms with E-state index in [4.69, 9.17) is 11.6 Å². The fourth-order valence-corrected chi connectivity index (χ4v) is 10.2. The first-order valence-electron chi connectivity index (χ1n) is 20.5. The summed E-state index contributed by atoms with van der Waals surface area (Å²) in [6, 6.07) is 20.3. The molecule has 6 aliphatic rings. The SMILES string of the molecule is N#Cc1ccc(N2CCC3(CCN(C(=O)c4ccc(N5CCN(C[C@H]6CCN(c7ccc8c(c7)C(=O)N(C7CCC(=O)NC7=O)C8=O)C6)CC5)cc4)C3)CC2)cc1Cl. The van der Waals surface area contributed by atoms with Crippen molar-refractivity contribution >= 4 is 58.2 Å². The van der Waals surface area contributed by atoms with Crippen LogP contribution in [0.1, 0.15) is 75.2 Å². The number of nitriles is 1. The van der Waals surface area contributed by atoms with Crippen molar-refractivity contribution in [2.75, 3.05) is 86.7 Å².